The highest BCUT2D eigenvalue weighted by Gasteiger charge is 2.12. The van der Waals surface area contributed by atoms with E-state index in [4.69, 9.17) is 5.11 Å². The Labute approximate surface area is 94.9 Å². The zero-order valence-electron chi connectivity index (χ0n) is 11.0. The monoisotopic (exact) mass is 216 g/mol. The Morgan fingerprint density at radius 3 is 2.13 bits per heavy atom. The summed E-state index contributed by atoms with van der Waals surface area (Å²) < 4.78 is 0. The van der Waals surface area contributed by atoms with Gasteiger partial charge in [-0.1, -0.05) is 20.8 Å². The topological polar surface area (TPSA) is 35.5 Å². The van der Waals surface area contributed by atoms with E-state index in [-0.39, 0.29) is 6.61 Å². The summed E-state index contributed by atoms with van der Waals surface area (Å²) in [4.78, 5) is 2.33. The summed E-state index contributed by atoms with van der Waals surface area (Å²) in [6.07, 6.45) is 0. The van der Waals surface area contributed by atoms with Gasteiger partial charge >= 0.3 is 0 Å². The predicted molar refractivity (Wildman–Crippen MR) is 66.1 cm³/mol. The zero-order chi connectivity index (χ0) is 11.8. The number of nitrogens with zero attached hydrogens (tertiary/aromatic N) is 1. The summed E-state index contributed by atoms with van der Waals surface area (Å²) in [7, 11) is 0. The van der Waals surface area contributed by atoms with Gasteiger partial charge in [-0.2, -0.15) is 0 Å². The van der Waals surface area contributed by atoms with E-state index in [9.17, 15) is 0 Å². The minimum Gasteiger partial charge on any atom is -0.395 e. The lowest BCUT2D eigenvalue weighted by Gasteiger charge is -2.29. The van der Waals surface area contributed by atoms with Gasteiger partial charge in [-0.3, -0.25) is 4.90 Å². The molecule has 3 heteroatoms. The van der Waals surface area contributed by atoms with Gasteiger partial charge in [0.2, 0.25) is 0 Å². The van der Waals surface area contributed by atoms with Gasteiger partial charge in [0, 0.05) is 25.2 Å². The Kier molecular flexibility index (Phi) is 8.02. The van der Waals surface area contributed by atoms with Crippen LogP contribution in [-0.4, -0.2) is 48.3 Å². The minimum atomic E-state index is 0.252. The van der Waals surface area contributed by atoms with E-state index in [0.717, 1.165) is 19.6 Å². The molecule has 0 aromatic carbocycles. The first-order valence-corrected chi connectivity index (χ1v) is 6.05. The molecule has 0 spiro atoms. The molecule has 0 aliphatic carbocycles. The standard InChI is InChI=1S/C12H28N2O/c1-10(2)13-8-12(5)9-14(6-7-15)11(3)4/h10-13,15H,6-9H2,1-5H3. The van der Waals surface area contributed by atoms with Crippen LogP contribution in [0, 0.1) is 5.92 Å². The average Bonchev–Trinajstić information content (AvgIpc) is 2.14. The molecule has 0 rings (SSSR count). The minimum absolute atomic E-state index is 0.252. The summed E-state index contributed by atoms with van der Waals surface area (Å²) in [6.45, 7) is 14.1. The molecule has 1 unspecified atom stereocenters. The first-order valence-electron chi connectivity index (χ1n) is 6.05. The summed E-state index contributed by atoms with van der Waals surface area (Å²) in [5.41, 5.74) is 0. The first-order chi connectivity index (χ1) is 6.97. The van der Waals surface area contributed by atoms with Crippen molar-refractivity contribution in [2.45, 2.75) is 46.7 Å². The van der Waals surface area contributed by atoms with E-state index in [1.54, 1.807) is 0 Å². The van der Waals surface area contributed by atoms with E-state index in [2.05, 4.69) is 44.8 Å². The molecule has 92 valence electrons. The van der Waals surface area contributed by atoms with Gasteiger partial charge in [-0.15, -0.1) is 0 Å². The van der Waals surface area contributed by atoms with Crippen LogP contribution in [0.2, 0.25) is 0 Å². The highest BCUT2D eigenvalue weighted by atomic mass is 16.3. The van der Waals surface area contributed by atoms with Gasteiger partial charge in [0.1, 0.15) is 0 Å². The van der Waals surface area contributed by atoms with Crippen molar-refractivity contribution in [1.82, 2.24) is 10.2 Å². The molecular formula is C12H28N2O. The van der Waals surface area contributed by atoms with E-state index >= 15 is 0 Å². The van der Waals surface area contributed by atoms with Crippen molar-refractivity contribution in [3.8, 4) is 0 Å². The number of hydrogen-bond acceptors (Lipinski definition) is 3. The highest BCUT2D eigenvalue weighted by molar-refractivity contribution is 4.68. The maximum atomic E-state index is 8.96. The molecule has 0 saturated carbocycles. The van der Waals surface area contributed by atoms with Crippen molar-refractivity contribution in [1.29, 1.82) is 0 Å². The van der Waals surface area contributed by atoms with E-state index < -0.39 is 0 Å². The Bertz CT molecular complexity index is 149. The molecular weight excluding hydrogens is 188 g/mol. The van der Waals surface area contributed by atoms with Crippen LogP contribution in [-0.2, 0) is 0 Å². The third-order valence-electron chi connectivity index (χ3n) is 2.54. The molecule has 1 atom stereocenters. The Balaban J connectivity index is 3.83. The van der Waals surface area contributed by atoms with Crippen LogP contribution in [0.5, 0.6) is 0 Å². The summed E-state index contributed by atoms with van der Waals surface area (Å²) in [6, 6.07) is 1.07. The molecule has 0 amide bonds. The molecule has 0 radical (unpaired) electrons. The molecule has 0 aliphatic heterocycles. The molecule has 15 heavy (non-hydrogen) atoms. The van der Waals surface area contributed by atoms with E-state index in [0.29, 0.717) is 18.0 Å². The SMILES string of the molecule is CC(CNC(C)C)CN(CCO)C(C)C. The summed E-state index contributed by atoms with van der Waals surface area (Å²) in [5.74, 6) is 0.626. The van der Waals surface area contributed by atoms with E-state index in [1.807, 2.05) is 0 Å². The second kappa shape index (κ2) is 8.08. The fraction of sp³-hybridized carbons (Fsp3) is 1.00. The van der Waals surface area contributed by atoms with Crippen molar-refractivity contribution >= 4 is 0 Å². The number of aliphatic hydroxyl groups excluding tert-OH is 1. The van der Waals surface area contributed by atoms with Crippen LogP contribution in [0.3, 0.4) is 0 Å². The predicted octanol–water partition coefficient (Wildman–Crippen LogP) is 1.32. The largest absolute Gasteiger partial charge is 0.395 e. The third kappa shape index (κ3) is 7.77. The number of rotatable bonds is 8. The molecule has 0 aromatic rings. The molecule has 2 N–H and O–H groups in total. The maximum Gasteiger partial charge on any atom is 0.0558 e. The molecule has 3 nitrogen and oxygen atoms in total. The molecule has 0 bridgehead atoms. The van der Waals surface area contributed by atoms with Crippen molar-refractivity contribution in [2.75, 3.05) is 26.2 Å². The van der Waals surface area contributed by atoms with Crippen molar-refractivity contribution in [3.63, 3.8) is 0 Å². The quantitative estimate of drug-likeness (QED) is 0.642. The van der Waals surface area contributed by atoms with Gasteiger partial charge in [-0.05, 0) is 26.3 Å². The number of aliphatic hydroxyl groups is 1. The lowest BCUT2D eigenvalue weighted by molar-refractivity contribution is 0.147. The van der Waals surface area contributed by atoms with Gasteiger partial charge in [0.25, 0.3) is 0 Å². The van der Waals surface area contributed by atoms with Crippen molar-refractivity contribution < 1.29 is 5.11 Å². The van der Waals surface area contributed by atoms with Gasteiger partial charge in [0.15, 0.2) is 0 Å². The van der Waals surface area contributed by atoms with Gasteiger partial charge < -0.3 is 10.4 Å². The van der Waals surface area contributed by atoms with E-state index in [1.165, 1.54) is 0 Å². The van der Waals surface area contributed by atoms with Crippen LogP contribution in [0.15, 0.2) is 0 Å². The normalized spacial score (nSPS) is 14.2. The lowest BCUT2D eigenvalue weighted by atomic mass is 10.1. The maximum absolute atomic E-state index is 8.96. The van der Waals surface area contributed by atoms with Crippen molar-refractivity contribution in [2.24, 2.45) is 5.92 Å². The van der Waals surface area contributed by atoms with Crippen LogP contribution >= 0.6 is 0 Å². The van der Waals surface area contributed by atoms with Gasteiger partial charge in [-0.25, -0.2) is 0 Å². The summed E-state index contributed by atoms with van der Waals surface area (Å²) in [5, 5.41) is 12.4. The molecule has 0 aromatic heterocycles. The zero-order valence-corrected chi connectivity index (χ0v) is 11.0. The molecule has 0 heterocycles. The molecule has 0 aliphatic rings. The number of hydrogen-bond donors (Lipinski definition) is 2. The summed E-state index contributed by atoms with van der Waals surface area (Å²) >= 11 is 0. The Morgan fingerprint density at radius 1 is 1.13 bits per heavy atom. The average molecular weight is 216 g/mol. The first kappa shape index (κ1) is 14.9. The number of nitrogens with one attached hydrogen (secondary N) is 1. The van der Waals surface area contributed by atoms with Crippen LogP contribution in [0.1, 0.15) is 34.6 Å². The fourth-order valence-corrected chi connectivity index (χ4v) is 1.59. The molecule has 0 fully saturated rings. The highest BCUT2D eigenvalue weighted by Crippen LogP contribution is 2.03. The smallest absolute Gasteiger partial charge is 0.0558 e. The van der Waals surface area contributed by atoms with Crippen LogP contribution < -0.4 is 5.32 Å². The Hall–Kier alpha value is -0.120. The van der Waals surface area contributed by atoms with Crippen molar-refractivity contribution in [3.05, 3.63) is 0 Å². The fourth-order valence-electron chi connectivity index (χ4n) is 1.59. The second-order valence-corrected chi connectivity index (χ2v) is 4.98. The Morgan fingerprint density at radius 2 is 1.73 bits per heavy atom. The third-order valence-corrected chi connectivity index (χ3v) is 2.54. The lowest BCUT2D eigenvalue weighted by Crippen LogP contribution is -2.40. The second-order valence-electron chi connectivity index (χ2n) is 4.98. The van der Waals surface area contributed by atoms with Crippen LogP contribution in [0.25, 0.3) is 0 Å². The molecule has 0 saturated heterocycles. The van der Waals surface area contributed by atoms with Crippen LogP contribution in [0.4, 0.5) is 0 Å². The van der Waals surface area contributed by atoms with Gasteiger partial charge in [0.05, 0.1) is 6.61 Å².